The number of hydrogen-bond donors (Lipinski definition) is 2. The monoisotopic (exact) mass is 263 g/mol. The number of nitro groups is 1. The number of nitrogens with one attached hydrogen (secondary N) is 2. The first-order valence-electron chi connectivity index (χ1n) is 5.87. The topological polar surface area (TPSA) is 84.3 Å². The fourth-order valence-electron chi connectivity index (χ4n) is 1.66. The molecule has 19 heavy (non-hydrogen) atoms. The van der Waals surface area contributed by atoms with E-state index in [1.807, 2.05) is 6.92 Å². The van der Waals surface area contributed by atoms with E-state index >= 15 is 0 Å². The zero-order valence-electron chi connectivity index (χ0n) is 11.0. The van der Waals surface area contributed by atoms with Gasteiger partial charge in [0.1, 0.15) is 5.69 Å². The van der Waals surface area contributed by atoms with Gasteiger partial charge in [-0.3, -0.25) is 14.9 Å². The van der Waals surface area contributed by atoms with E-state index in [9.17, 15) is 14.9 Å². The predicted octanol–water partition coefficient (Wildman–Crippen LogP) is 2.33. The number of carbonyl (C=O) groups excluding carboxylic acids is 1. The average Bonchev–Trinajstić information content (AvgIpc) is 2.38. The standard InChI is InChI=1S/C13H17N3O3/c1-4-5-9(2)15-11-7-6-10(13(17)14-3)8-12(11)16(18)19/h4,6-9,15H,1,5H2,2-3H3,(H,14,17). The van der Waals surface area contributed by atoms with Crippen molar-refractivity contribution in [3.8, 4) is 0 Å². The highest BCUT2D eigenvalue weighted by Crippen LogP contribution is 2.26. The van der Waals surface area contributed by atoms with Crippen LogP contribution in [0.4, 0.5) is 11.4 Å². The Labute approximate surface area is 111 Å². The van der Waals surface area contributed by atoms with Crippen LogP contribution in [-0.4, -0.2) is 23.9 Å². The first-order valence-corrected chi connectivity index (χ1v) is 5.87. The molecule has 0 heterocycles. The fourth-order valence-corrected chi connectivity index (χ4v) is 1.66. The molecule has 0 spiro atoms. The Balaban J connectivity index is 3.08. The largest absolute Gasteiger partial charge is 0.377 e. The molecule has 0 aliphatic heterocycles. The molecule has 0 saturated carbocycles. The van der Waals surface area contributed by atoms with Crippen molar-refractivity contribution in [1.82, 2.24) is 5.32 Å². The summed E-state index contributed by atoms with van der Waals surface area (Å²) in [7, 11) is 1.48. The van der Waals surface area contributed by atoms with E-state index in [0.717, 1.165) is 0 Å². The van der Waals surface area contributed by atoms with Crippen molar-refractivity contribution in [2.75, 3.05) is 12.4 Å². The SMILES string of the molecule is C=CCC(C)Nc1ccc(C(=O)NC)cc1[N+](=O)[O-]. The second-order valence-electron chi connectivity index (χ2n) is 4.14. The minimum Gasteiger partial charge on any atom is -0.377 e. The summed E-state index contributed by atoms with van der Waals surface area (Å²) in [6, 6.07) is 4.39. The number of hydrogen-bond acceptors (Lipinski definition) is 4. The summed E-state index contributed by atoms with van der Waals surface area (Å²) >= 11 is 0. The van der Waals surface area contributed by atoms with Gasteiger partial charge in [0.05, 0.1) is 4.92 Å². The summed E-state index contributed by atoms with van der Waals surface area (Å²) in [6.07, 6.45) is 2.43. The first-order chi connectivity index (χ1) is 8.99. The lowest BCUT2D eigenvalue weighted by molar-refractivity contribution is -0.384. The van der Waals surface area contributed by atoms with Gasteiger partial charge in [-0.25, -0.2) is 0 Å². The van der Waals surface area contributed by atoms with Gasteiger partial charge < -0.3 is 10.6 Å². The van der Waals surface area contributed by atoms with Crippen LogP contribution in [0.1, 0.15) is 23.7 Å². The van der Waals surface area contributed by atoms with Gasteiger partial charge in [-0.2, -0.15) is 0 Å². The highest BCUT2D eigenvalue weighted by Gasteiger charge is 2.18. The average molecular weight is 263 g/mol. The Morgan fingerprint density at radius 1 is 1.58 bits per heavy atom. The molecule has 6 nitrogen and oxygen atoms in total. The normalized spacial score (nSPS) is 11.5. The quantitative estimate of drug-likeness (QED) is 0.468. The van der Waals surface area contributed by atoms with Gasteiger partial charge in [-0.05, 0) is 25.5 Å². The molecule has 2 N–H and O–H groups in total. The van der Waals surface area contributed by atoms with Gasteiger partial charge >= 0.3 is 0 Å². The van der Waals surface area contributed by atoms with Gasteiger partial charge in [0.15, 0.2) is 0 Å². The van der Waals surface area contributed by atoms with Gasteiger partial charge in [0.2, 0.25) is 0 Å². The van der Waals surface area contributed by atoms with E-state index in [1.54, 1.807) is 18.2 Å². The molecule has 6 heteroatoms. The molecule has 0 saturated heterocycles. The summed E-state index contributed by atoms with van der Waals surface area (Å²) < 4.78 is 0. The van der Waals surface area contributed by atoms with Gasteiger partial charge in [0, 0.05) is 24.7 Å². The molecule has 1 aromatic carbocycles. The molecule has 0 aliphatic rings. The Morgan fingerprint density at radius 3 is 2.79 bits per heavy atom. The number of anilines is 1. The Bertz CT molecular complexity index is 500. The maximum Gasteiger partial charge on any atom is 0.293 e. The van der Waals surface area contributed by atoms with Crippen LogP contribution in [0.15, 0.2) is 30.9 Å². The summed E-state index contributed by atoms with van der Waals surface area (Å²) in [6.45, 7) is 5.52. The molecule has 0 bridgehead atoms. The Kier molecular flexibility index (Phi) is 5.05. The molecular formula is C13H17N3O3. The van der Waals surface area contributed by atoms with Crippen LogP contribution >= 0.6 is 0 Å². The maximum atomic E-state index is 11.5. The molecule has 1 unspecified atom stereocenters. The van der Waals surface area contributed by atoms with Crippen LogP contribution in [0, 0.1) is 10.1 Å². The van der Waals surface area contributed by atoms with Crippen molar-refractivity contribution in [3.05, 3.63) is 46.5 Å². The molecule has 1 aromatic rings. The number of nitro benzene ring substituents is 1. The summed E-state index contributed by atoms with van der Waals surface area (Å²) in [4.78, 5) is 22.0. The fraction of sp³-hybridized carbons (Fsp3) is 0.308. The summed E-state index contributed by atoms with van der Waals surface area (Å²) in [5.74, 6) is -0.353. The number of rotatable bonds is 6. The number of carbonyl (C=O) groups is 1. The van der Waals surface area contributed by atoms with Crippen molar-refractivity contribution >= 4 is 17.3 Å². The minimum atomic E-state index is -0.505. The molecule has 1 atom stereocenters. The van der Waals surface area contributed by atoms with Crippen molar-refractivity contribution in [3.63, 3.8) is 0 Å². The van der Waals surface area contributed by atoms with E-state index in [1.165, 1.54) is 13.1 Å². The second kappa shape index (κ2) is 6.53. The molecule has 1 rings (SSSR count). The summed E-state index contributed by atoms with van der Waals surface area (Å²) in [5.41, 5.74) is 0.542. The first kappa shape index (κ1) is 14.7. The lowest BCUT2D eigenvalue weighted by atomic mass is 10.1. The van der Waals surface area contributed by atoms with Crippen LogP contribution in [0.25, 0.3) is 0 Å². The highest BCUT2D eigenvalue weighted by atomic mass is 16.6. The third kappa shape index (κ3) is 3.80. The van der Waals surface area contributed by atoms with E-state index < -0.39 is 4.92 Å². The van der Waals surface area contributed by atoms with Crippen molar-refractivity contribution in [1.29, 1.82) is 0 Å². The molecule has 0 fully saturated rings. The number of nitrogens with zero attached hydrogens (tertiary/aromatic N) is 1. The predicted molar refractivity (Wildman–Crippen MR) is 74.4 cm³/mol. The van der Waals surface area contributed by atoms with Crippen molar-refractivity contribution in [2.45, 2.75) is 19.4 Å². The summed E-state index contributed by atoms with van der Waals surface area (Å²) in [5, 5.41) is 16.5. The number of benzene rings is 1. The van der Waals surface area contributed by atoms with E-state index in [0.29, 0.717) is 12.1 Å². The van der Waals surface area contributed by atoms with Crippen LogP contribution in [0.2, 0.25) is 0 Å². The highest BCUT2D eigenvalue weighted by molar-refractivity contribution is 5.95. The smallest absolute Gasteiger partial charge is 0.293 e. The maximum absolute atomic E-state index is 11.5. The van der Waals surface area contributed by atoms with Crippen LogP contribution in [-0.2, 0) is 0 Å². The lowest BCUT2D eigenvalue weighted by Crippen LogP contribution is -2.19. The van der Waals surface area contributed by atoms with Crippen molar-refractivity contribution < 1.29 is 9.72 Å². The molecule has 0 aromatic heterocycles. The van der Waals surface area contributed by atoms with Crippen LogP contribution < -0.4 is 10.6 Å². The molecule has 102 valence electrons. The zero-order valence-corrected chi connectivity index (χ0v) is 11.0. The van der Waals surface area contributed by atoms with Crippen molar-refractivity contribution in [2.24, 2.45) is 0 Å². The van der Waals surface area contributed by atoms with Crippen LogP contribution in [0.5, 0.6) is 0 Å². The molecular weight excluding hydrogens is 246 g/mol. The van der Waals surface area contributed by atoms with E-state index in [2.05, 4.69) is 17.2 Å². The third-order valence-electron chi connectivity index (χ3n) is 2.61. The van der Waals surface area contributed by atoms with Gasteiger partial charge in [-0.1, -0.05) is 6.08 Å². The minimum absolute atomic E-state index is 0.0297. The van der Waals surface area contributed by atoms with Crippen LogP contribution in [0.3, 0.4) is 0 Å². The van der Waals surface area contributed by atoms with E-state index in [4.69, 9.17) is 0 Å². The number of amides is 1. The zero-order chi connectivity index (χ0) is 14.4. The Hall–Kier alpha value is -2.37. The molecule has 1 amide bonds. The molecule has 0 aliphatic carbocycles. The van der Waals surface area contributed by atoms with Gasteiger partial charge in [0.25, 0.3) is 11.6 Å². The van der Waals surface area contributed by atoms with E-state index in [-0.39, 0.29) is 23.2 Å². The molecule has 0 radical (unpaired) electrons. The lowest BCUT2D eigenvalue weighted by Gasteiger charge is -2.13. The van der Waals surface area contributed by atoms with Gasteiger partial charge in [-0.15, -0.1) is 6.58 Å². The second-order valence-corrected chi connectivity index (χ2v) is 4.14. The Morgan fingerprint density at radius 2 is 2.26 bits per heavy atom. The third-order valence-corrected chi connectivity index (χ3v) is 2.61.